The monoisotopic (exact) mass is 302 g/mol. The molecular formula is C15H14N2O5. The number of likely N-dealkylation sites (tertiary alicyclic amines) is 1. The highest BCUT2D eigenvalue weighted by Crippen LogP contribution is 2.24. The van der Waals surface area contributed by atoms with Crippen LogP contribution in [-0.2, 0) is 14.4 Å². The number of nitrogens with zero attached hydrogens (tertiary/aromatic N) is 2. The van der Waals surface area contributed by atoms with E-state index in [-0.39, 0.29) is 35.8 Å². The Morgan fingerprint density at radius 2 is 1.77 bits per heavy atom. The second kappa shape index (κ2) is 5.25. The van der Waals surface area contributed by atoms with Crippen LogP contribution in [0.2, 0.25) is 0 Å². The summed E-state index contributed by atoms with van der Waals surface area (Å²) in [4.78, 5) is 53.9. The first kappa shape index (κ1) is 14.2. The van der Waals surface area contributed by atoms with E-state index >= 15 is 0 Å². The molecule has 1 saturated heterocycles. The zero-order valence-corrected chi connectivity index (χ0v) is 11.9. The summed E-state index contributed by atoms with van der Waals surface area (Å²) in [5.41, 5.74) is 0.437. The van der Waals surface area contributed by atoms with Crippen molar-refractivity contribution in [1.82, 2.24) is 9.96 Å². The molecule has 114 valence electrons. The summed E-state index contributed by atoms with van der Waals surface area (Å²) < 4.78 is 0. The number of hydrogen-bond acceptors (Lipinski definition) is 5. The van der Waals surface area contributed by atoms with Gasteiger partial charge in [0.05, 0.1) is 17.5 Å². The molecule has 1 aromatic carbocycles. The number of rotatable bonds is 3. The van der Waals surface area contributed by atoms with E-state index in [1.54, 1.807) is 24.1 Å². The largest absolute Gasteiger partial charge is 0.345 e. The Hall–Kier alpha value is -2.70. The van der Waals surface area contributed by atoms with Gasteiger partial charge in [-0.05, 0) is 18.1 Å². The van der Waals surface area contributed by atoms with E-state index in [2.05, 4.69) is 0 Å². The minimum Gasteiger partial charge on any atom is -0.345 e. The molecule has 3 amide bonds. The standard InChI is InChI=1S/C15H14N2O5/c1-16-8-9(6-12(16)18)7-13(19)22-17-14(20)10-4-2-3-5-11(10)15(17)21/h2-5,9H,6-8H2,1H3. The van der Waals surface area contributed by atoms with Crippen LogP contribution in [0.3, 0.4) is 0 Å². The minimum absolute atomic E-state index is 0.0104. The van der Waals surface area contributed by atoms with Crippen molar-refractivity contribution < 1.29 is 24.0 Å². The highest BCUT2D eigenvalue weighted by Gasteiger charge is 2.39. The summed E-state index contributed by atoms with van der Waals surface area (Å²) in [5, 5.41) is 0.494. The average molecular weight is 302 g/mol. The smallest absolute Gasteiger partial charge is 0.333 e. The van der Waals surface area contributed by atoms with Crippen LogP contribution in [0.25, 0.3) is 0 Å². The number of carbonyl (C=O) groups excluding carboxylic acids is 4. The molecule has 0 spiro atoms. The molecule has 1 fully saturated rings. The summed E-state index contributed by atoms with van der Waals surface area (Å²) in [6.07, 6.45) is 0.261. The van der Waals surface area contributed by atoms with Gasteiger partial charge < -0.3 is 9.74 Å². The molecule has 1 unspecified atom stereocenters. The first-order valence-electron chi connectivity index (χ1n) is 6.90. The van der Waals surface area contributed by atoms with Crippen LogP contribution in [0, 0.1) is 5.92 Å². The third-order valence-corrected chi connectivity index (χ3v) is 3.83. The zero-order chi connectivity index (χ0) is 15.9. The van der Waals surface area contributed by atoms with Crippen molar-refractivity contribution in [3.05, 3.63) is 35.4 Å². The second-order valence-corrected chi connectivity index (χ2v) is 5.46. The van der Waals surface area contributed by atoms with Crippen molar-refractivity contribution in [2.45, 2.75) is 12.8 Å². The zero-order valence-electron chi connectivity index (χ0n) is 11.9. The molecule has 1 atom stereocenters. The molecule has 2 aliphatic heterocycles. The first-order valence-corrected chi connectivity index (χ1v) is 6.90. The summed E-state index contributed by atoms with van der Waals surface area (Å²) in [5.74, 6) is -2.16. The van der Waals surface area contributed by atoms with Gasteiger partial charge in [-0.15, -0.1) is 0 Å². The van der Waals surface area contributed by atoms with E-state index in [1.165, 1.54) is 12.1 Å². The van der Waals surface area contributed by atoms with Crippen molar-refractivity contribution in [3.8, 4) is 0 Å². The molecule has 1 aromatic rings. The molecule has 0 radical (unpaired) electrons. The average Bonchev–Trinajstić information content (AvgIpc) is 2.92. The van der Waals surface area contributed by atoms with Gasteiger partial charge in [-0.3, -0.25) is 14.4 Å². The number of carbonyl (C=O) groups is 4. The molecule has 22 heavy (non-hydrogen) atoms. The van der Waals surface area contributed by atoms with E-state index in [9.17, 15) is 19.2 Å². The lowest BCUT2D eigenvalue weighted by atomic mass is 10.1. The van der Waals surface area contributed by atoms with Crippen molar-refractivity contribution in [1.29, 1.82) is 0 Å². The van der Waals surface area contributed by atoms with Crippen LogP contribution in [0.15, 0.2) is 24.3 Å². The van der Waals surface area contributed by atoms with Gasteiger partial charge in [0, 0.05) is 20.0 Å². The van der Waals surface area contributed by atoms with E-state index in [1.807, 2.05) is 0 Å². The Morgan fingerprint density at radius 3 is 2.27 bits per heavy atom. The highest BCUT2D eigenvalue weighted by molar-refractivity contribution is 6.20. The fourth-order valence-electron chi connectivity index (χ4n) is 2.72. The molecule has 7 nitrogen and oxygen atoms in total. The summed E-state index contributed by atoms with van der Waals surface area (Å²) in [6.45, 7) is 0.468. The first-order chi connectivity index (χ1) is 10.5. The van der Waals surface area contributed by atoms with Crippen LogP contribution in [0.4, 0.5) is 0 Å². The normalized spacial score (nSPS) is 20.6. The molecular weight excluding hydrogens is 288 g/mol. The lowest BCUT2D eigenvalue weighted by molar-refractivity contribution is -0.169. The molecule has 2 aliphatic rings. The van der Waals surface area contributed by atoms with Crippen LogP contribution in [0.1, 0.15) is 33.6 Å². The van der Waals surface area contributed by atoms with E-state index < -0.39 is 17.8 Å². The lowest BCUT2D eigenvalue weighted by Gasteiger charge is -2.14. The van der Waals surface area contributed by atoms with Gasteiger partial charge in [0.15, 0.2) is 0 Å². The number of fused-ring (bicyclic) bond motifs is 1. The fourth-order valence-corrected chi connectivity index (χ4v) is 2.72. The second-order valence-electron chi connectivity index (χ2n) is 5.46. The van der Waals surface area contributed by atoms with Crippen LogP contribution < -0.4 is 0 Å². The quantitative estimate of drug-likeness (QED) is 0.764. The maximum atomic E-state index is 12.0. The molecule has 0 saturated carbocycles. The summed E-state index contributed by atoms with van der Waals surface area (Å²) in [7, 11) is 1.66. The van der Waals surface area contributed by atoms with Crippen molar-refractivity contribution >= 4 is 23.7 Å². The van der Waals surface area contributed by atoms with Gasteiger partial charge in [-0.1, -0.05) is 17.2 Å². The Balaban J connectivity index is 1.65. The fraction of sp³-hybridized carbons (Fsp3) is 0.333. The number of hydroxylamine groups is 2. The molecule has 0 bridgehead atoms. The van der Waals surface area contributed by atoms with Gasteiger partial charge >= 0.3 is 5.97 Å². The molecule has 7 heteroatoms. The molecule has 0 N–H and O–H groups in total. The van der Waals surface area contributed by atoms with Gasteiger partial charge in [0.1, 0.15) is 0 Å². The van der Waals surface area contributed by atoms with Gasteiger partial charge in [-0.2, -0.15) is 0 Å². The van der Waals surface area contributed by atoms with Crippen LogP contribution in [0.5, 0.6) is 0 Å². The maximum Gasteiger partial charge on any atom is 0.333 e. The lowest BCUT2D eigenvalue weighted by Crippen LogP contribution is -2.33. The molecule has 0 aliphatic carbocycles. The third-order valence-electron chi connectivity index (χ3n) is 3.83. The van der Waals surface area contributed by atoms with E-state index in [4.69, 9.17) is 4.84 Å². The predicted octanol–water partition coefficient (Wildman–Crippen LogP) is 0.609. The molecule has 0 aromatic heterocycles. The number of benzene rings is 1. The predicted molar refractivity (Wildman–Crippen MR) is 73.4 cm³/mol. The SMILES string of the molecule is CN1CC(CC(=O)ON2C(=O)c3ccccc3C2=O)CC1=O. The maximum absolute atomic E-state index is 12.0. The Bertz CT molecular complexity index is 649. The molecule has 2 heterocycles. The Kier molecular flexibility index (Phi) is 3.40. The summed E-state index contributed by atoms with van der Waals surface area (Å²) in [6, 6.07) is 6.28. The Morgan fingerprint density at radius 1 is 1.18 bits per heavy atom. The third kappa shape index (κ3) is 2.34. The molecule has 3 rings (SSSR count). The van der Waals surface area contributed by atoms with Crippen molar-refractivity contribution in [3.63, 3.8) is 0 Å². The van der Waals surface area contributed by atoms with Crippen LogP contribution in [-0.4, -0.2) is 47.2 Å². The minimum atomic E-state index is -0.692. The topological polar surface area (TPSA) is 84.0 Å². The van der Waals surface area contributed by atoms with Crippen molar-refractivity contribution in [2.24, 2.45) is 5.92 Å². The number of hydrogen-bond donors (Lipinski definition) is 0. The summed E-state index contributed by atoms with van der Waals surface area (Å²) >= 11 is 0. The van der Waals surface area contributed by atoms with E-state index in [0.717, 1.165) is 0 Å². The van der Waals surface area contributed by atoms with Gasteiger partial charge in [-0.25, -0.2) is 4.79 Å². The van der Waals surface area contributed by atoms with Crippen LogP contribution >= 0.6 is 0 Å². The highest BCUT2D eigenvalue weighted by atomic mass is 16.7. The van der Waals surface area contributed by atoms with Gasteiger partial charge in [0.25, 0.3) is 11.8 Å². The Labute approximate surface area is 126 Å². The van der Waals surface area contributed by atoms with Gasteiger partial charge in [0.2, 0.25) is 5.91 Å². The number of amides is 3. The van der Waals surface area contributed by atoms with E-state index in [0.29, 0.717) is 11.6 Å². The number of imide groups is 1. The van der Waals surface area contributed by atoms with Crippen molar-refractivity contribution in [2.75, 3.05) is 13.6 Å².